The predicted octanol–water partition coefficient (Wildman–Crippen LogP) is 5.82. The van der Waals surface area contributed by atoms with Gasteiger partial charge in [0.15, 0.2) is 0 Å². The van der Waals surface area contributed by atoms with Crippen LogP contribution in [0.4, 0.5) is 5.69 Å². The lowest BCUT2D eigenvalue weighted by molar-refractivity contribution is 0.00124. The summed E-state index contributed by atoms with van der Waals surface area (Å²) in [6, 6.07) is 22.1. The Bertz CT molecular complexity index is 1520. The Morgan fingerprint density at radius 3 is 2.42 bits per heavy atom. The number of carbonyl (C=O) groups excluding carboxylic acids is 1. The van der Waals surface area contributed by atoms with Crippen LogP contribution in [0, 0.1) is 5.92 Å². The molecule has 2 unspecified atom stereocenters. The Balaban J connectivity index is 1.45. The summed E-state index contributed by atoms with van der Waals surface area (Å²) in [5.41, 5.74) is 10.9. The number of carbonyl (C=O) groups is 1. The molecule has 7 nitrogen and oxygen atoms in total. The zero-order chi connectivity index (χ0) is 28.0. The molecular formula is C32H35ClN4O3. The first-order chi connectivity index (χ1) is 19.3. The van der Waals surface area contributed by atoms with Crippen molar-refractivity contribution in [2.24, 2.45) is 11.7 Å². The number of primary amides is 1. The van der Waals surface area contributed by atoms with E-state index in [1.54, 1.807) is 6.07 Å². The van der Waals surface area contributed by atoms with E-state index in [0.717, 1.165) is 39.8 Å². The fraction of sp³-hybridized carbons (Fsp3) is 0.375. The minimum atomic E-state index is -0.471. The van der Waals surface area contributed by atoms with Gasteiger partial charge in [-0.3, -0.25) is 9.48 Å². The van der Waals surface area contributed by atoms with Crippen LogP contribution in [0.15, 0.2) is 66.7 Å². The largest absolute Gasteiger partial charge is 0.393 e. The number of hydrogen-bond acceptors (Lipinski definition) is 5. The fourth-order valence-corrected chi connectivity index (χ4v) is 6.66. The number of halogens is 1. The summed E-state index contributed by atoms with van der Waals surface area (Å²) in [5.74, 6) is -0.0681. The van der Waals surface area contributed by atoms with Crippen LogP contribution in [0.25, 0.3) is 22.2 Å². The molecule has 2 bridgehead atoms. The Hall–Kier alpha value is -3.39. The van der Waals surface area contributed by atoms with Gasteiger partial charge in [0.1, 0.15) is 5.69 Å². The SMILES string of the molecule is CC(C)C[C@@H](c1ccccc1Cl)n1nc(-c2ccc(N3C4COCC3CC(O)C4)cc2)c2cc(C(N)=O)ccc21. The molecule has 0 saturated carbocycles. The molecule has 2 aliphatic rings. The number of benzene rings is 3. The van der Waals surface area contributed by atoms with E-state index in [2.05, 4.69) is 53.8 Å². The number of hydrogen-bond donors (Lipinski definition) is 2. The molecule has 2 saturated heterocycles. The molecule has 0 aliphatic carbocycles. The van der Waals surface area contributed by atoms with Crippen molar-refractivity contribution in [3.63, 3.8) is 0 Å². The van der Waals surface area contributed by atoms with Crippen molar-refractivity contribution in [3.05, 3.63) is 82.9 Å². The number of morpholine rings is 1. The lowest BCUT2D eigenvalue weighted by Gasteiger charge is -2.48. The van der Waals surface area contributed by atoms with Crippen LogP contribution in [-0.4, -0.2) is 52.2 Å². The summed E-state index contributed by atoms with van der Waals surface area (Å²) in [5, 5.41) is 17.1. The Labute approximate surface area is 239 Å². The topological polar surface area (TPSA) is 93.6 Å². The minimum Gasteiger partial charge on any atom is -0.393 e. The van der Waals surface area contributed by atoms with Crippen molar-refractivity contribution in [2.75, 3.05) is 18.1 Å². The van der Waals surface area contributed by atoms with E-state index in [-0.39, 0.29) is 24.2 Å². The van der Waals surface area contributed by atoms with E-state index in [9.17, 15) is 9.90 Å². The van der Waals surface area contributed by atoms with Crippen LogP contribution in [-0.2, 0) is 4.74 Å². The van der Waals surface area contributed by atoms with Crippen molar-refractivity contribution in [2.45, 2.75) is 57.3 Å². The van der Waals surface area contributed by atoms with Crippen molar-refractivity contribution < 1.29 is 14.6 Å². The van der Waals surface area contributed by atoms with Crippen LogP contribution in [0.1, 0.15) is 55.1 Å². The quantitative estimate of drug-likeness (QED) is 0.298. The van der Waals surface area contributed by atoms with Gasteiger partial charge in [-0.1, -0.05) is 55.8 Å². The van der Waals surface area contributed by atoms with Crippen LogP contribution >= 0.6 is 11.6 Å². The fourth-order valence-electron chi connectivity index (χ4n) is 6.39. The van der Waals surface area contributed by atoms with Gasteiger partial charge in [-0.2, -0.15) is 5.10 Å². The van der Waals surface area contributed by atoms with Crippen molar-refractivity contribution in [1.29, 1.82) is 0 Å². The molecule has 40 heavy (non-hydrogen) atoms. The molecule has 6 rings (SSSR count). The van der Waals surface area contributed by atoms with Gasteiger partial charge < -0.3 is 20.5 Å². The van der Waals surface area contributed by atoms with E-state index in [0.29, 0.717) is 42.6 Å². The van der Waals surface area contributed by atoms with Gasteiger partial charge in [-0.05, 0) is 67.1 Å². The number of fused-ring (bicyclic) bond motifs is 3. The third-order valence-corrected chi connectivity index (χ3v) is 8.52. The van der Waals surface area contributed by atoms with E-state index in [1.165, 1.54) is 0 Å². The summed E-state index contributed by atoms with van der Waals surface area (Å²) in [6.45, 7) is 5.64. The summed E-state index contributed by atoms with van der Waals surface area (Å²) >= 11 is 6.70. The number of ether oxygens (including phenoxy) is 1. The van der Waals surface area contributed by atoms with Crippen LogP contribution in [0.3, 0.4) is 0 Å². The van der Waals surface area contributed by atoms with Gasteiger partial charge in [-0.25, -0.2) is 0 Å². The molecule has 8 heteroatoms. The Morgan fingerprint density at radius 2 is 1.77 bits per heavy atom. The first-order valence-electron chi connectivity index (χ1n) is 14.0. The molecule has 208 valence electrons. The molecule has 0 spiro atoms. The molecule has 1 aromatic heterocycles. The van der Waals surface area contributed by atoms with Crippen molar-refractivity contribution in [1.82, 2.24) is 9.78 Å². The molecule has 3 atom stereocenters. The molecule has 3 N–H and O–H groups in total. The average Bonchev–Trinajstić information content (AvgIpc) is 3.30. The molecule has 3 heterocycles. The number of nitrogens with zero attached hydrogens (tertiary/aromatic N) is 3. The maximum Gasteiger partial charge on any atom is 0.248 e. The summed E-state index contributed by atoms with van der Waals surface area (Å²) in [4.78, 5) is 14.5. The summed E-state index contributed by atoms with van der Waals surface area (Å²) < 4.78 is 7.85. The van der Waals surface area contributed by atoms with Crippen molar-refractivity contribution >= 4 is 34.1 Å². The van der Waals surface area contributed by atoms with Crippen LogP contribution in [0.2, 0.25) is 5.02 Å². The number of aliphatic hydroxyl groups is 1. The molecule has 3 aromatic carbocycles. The molecular weight excluding hydrogens is 524 g/mol. The molecule has 2 aliphatic heterocycles. The predicted molar refractivity (Wildman–Crippen MR) is 159 cm³/mol. The zero-order valence-corrected chi connectivity index (χ0v) is 23.6. The average molecular weight is 559 g/mol. The number of rotatable bonds is 7. The Kier molecular flexibility index (Phi) is 7.29. The van der Waals surface area contributed by atoms with E-state index in [4.69, 9.17) is 27.2 Å². The number of aromatic nitrogens is 2. The molecule has 4 aromatic rings. The zero-order valence-electron chi connectivity index (χ0n) is 22.8. The monoisotopic (exact) mass is 558 g/mol. The van der Waals surface area contributed by atoms with E-state index >= 15 is 0 Å². The first-order valence-corrected chi connectivity index (χ1v) is 14.4. The van der Waals surface area contributed by atoms with Gasteiger partial charge in [0.2, 0.25) is 5.91 Å². The smallest absolute Gasteiger partial charge is 0.248 e. The second-order valence-electron chi connectivity index (χ2n) is 11.5. The standard InChI is InChI=1S/C32H35ClN4O3/c1-19(2)13-30(26-5-3-4-6-28(26)33)37-29-12-9-21(32(34)39)14-27(29)31(35-37)20-7-10-22(11-8-20)36-23-15-25(38)16-24(36)18-40-17-23/h3-12,14,19,23-25,30,38H,13,15-18H2,1-2H3,(H2,34,39)/t23?,24?,25?,30-/m0/s1. The second kappa shape index (κ2) is 10.9. The lowest BCUT2D eigenvalue weighted by Crippen LogP contribution is -2.58. The normalized spacial score (nSPS) is 21.6. The third-order valence-electron chi connectivity index (χ3n) is 8.18. The molecule has 0 radical (unpaired) electrons. The maximum absolute atomic E-state index is 12.1. The van der Waals surface area contributed by atoms with Crippen LogP contribution < -0.4 is 10.6 Å². The number of nitrogens with two attached hydrogens (primary N) is 1. The second-order valence-corrected chi connectivity index (χ2v) is 11.9. The van der Waals surface area contributed by atoms with E-state index in [1.807, 2.05) is 30.3 Å². The Morgan fingerprint density at radius 1 is 1.07 bits per heavy atom. The van der Waals surface area contributed by atoms with E-state index < -0.39 is 5.91 Å². The molecule has 2 fully saturated rings. The highest BCUT2D eigenvalue weighted by atomic mass is 35.5. The van der Waals surface area contributed by atoms with Crippen molar-refractivity contribution in [3.8, 4) is 11.3 Å². The minimum absolute atomic E-state index is 0.0807. The maximum atomic E-state index is 12.1. The van der Waals surface area contributed by atoms with Gasteiger partial charge >= 0.3 is 0 Å². The van der Waals surface area contributed by atoms with Gasteiger partial charge in [-0.15, -0.1) is 0 Å². The highest BCUT2D eigenvalue weighted by Gasteiger charge is 2.38. The number of piperidine rings is 1. The number of amides is 1. The number of aliphatic hydroxyl groups excluding tert-OH is 1. The first kappa shape index (κ1) is 26.8. The number of anilines is 1. The highest BCUT2D eigenvalue weighted by molar-refractivity contribution is 6.31. The lowest BCUT2D eigenvalue weighted by atomic mass is 9.91. The van der Waals surface area contributed by atoms with Gasteiger partial charge in [0, 0.05) is 27.2 Å². The summed E-state index contributed by atoms with van der Waals surface area (Å²) in [7, 11) is 0. The van der Waals surface area contributed by atoms with Gasteiger partial charge in [0.05, 0.1) is 43.0 Å². The third kappa shape index (κ3) is 4.98. The van der Waals surface area contributed by atoms with Crippen LogP contribution in [0.5, 0.6) is 0 Å². The molecule has 1 amide bonds. The summed E-state index contributed by atoms with van der Waals surface area (Å²) in [6.07, 6.45) is 1.99. The van der Waals surface area contributed by atoms with Gasteiger partial charge in [0.25, 0.3) is 0 Å². The highest BCUT2D eigenvalue weighted by Crippen LogP contribution is 2.38.